The van der Waals surface area contributed by atoms with Gasteiger partial charge < -0.3 is 15.4 Å². The highest BCUT2D eigenvalue weighted by atomic mass is 16.5. The molecule has 8 heavy (non-hydrogen) atoms. The van der Waals surface area contributed by atoms with Gasteiger partial charge in [-0.1, -0.05) is 0 Å². The molecule has 1 saturated heterocycles. The molecule has 0 unspecified atom stereocenters. The minimum absolute atomic E-state index is 0.849. The molecule has 0 spiro atoms. The summed E-state index contributed by atoms with van der Waals surface area (Å²) < 4.78 is 5.15. The first-order chi connectivity index (χ1) is 4.00. The first-order valence-corrected chi connectivity index (χ1v) is 2.99. The van der Waals surface area contributed by atoms with E-state index in [1.165, 1.54) is 0 Å². The molecule has 1 aliphatic heterocycles. The van der Waals surface area contributed by atoms with Gasteiger partial charge in [0.2, 0.25) is 0 Å². The summed E-state index contributed by atoms with van der Waals surface area (Å²) in [7, 11) is 0. The van der Waals surface area contributed by atoms with Gasteiger partial charge in [0.25, 0.3) is 0 Å². The number of hydrogen-bond donors (Lipinski definition) is 2. The molecule has 1 rings (SSSR count). The van der Waals surface area contributed by atoms with E-state index in [1.54, 1.807) is 0 Å². The molecule has 0 aromatic carbocycles. The van der Waals surface area contributed by atoms with Gasteiger partial charge >= 0.3 is 0 Å². The van der Waals surface area contributed by atoms with Crippen LogP contribution in [0, 0.1) is 0 Å². The van der Waals surface area contributed by atoms with Crippen molar-refractivity contribution in [1.29, 1.82) is 0 Å². The van der Waals surface area contributed by atoms with E-state index >= 15 is 0 Å². The summed E-state index contributed by atoms with van der Waals surface area (Å²) in [6, 6.07) is 0. The maximum absolute atomic E-state index is 5.15. The van der Waals surface area contributed by atoms with Gasteiger partial charge in [0.05, 0.1) is 13.2 Å². The quantitative estimate of drug-likeness (QED) is 0.432. The molecule has 0 atom stereocenters. The van der Waals surface area contributed by atoms with Crippen LogP contribution in [0.4, 0.5) is 0 Å². The van der Waals surface area contributed by atoms with E-state index in [1.807, 2.05) is 0 Å². The lowest BCUT2D eigenvalue weighted by atomic mass is 10.6. The normalized spacial score (nSPS) is 24.0. The van der Waals surface area contributed by atoms with Crippen LogP contribution in [0.15, 0.2) is 0 Å². The molecule has 0 amide bonds. The predicted octanol–water partition coefficient (Wildman–Crippen LogP) is -0.847. The molecule has 2 N–H and O–H groups in total. The Morgan fingerprint density at radius 3 is 2.25 bits per heavy atom. The predicted molar refractivity (Wildman–Crippen MR) is 31.7 cm³/mol. The molecule has 1 heterocycles. The van der Waals surface area contributed by atoms with Crippen molar-refractivity contribution >= 4 is 0 Å². The van der Waals surface area contributed by atoms with Crippen molar-refractivity contribution in [2.75, 3.05) is 33.0 Å². The fraction of sp³-hybridized carbons (Fsp3) is 1.00. The van der Waals surface area contributed by atoms with Crippen molar-refractivity contribution in [3.63, 3.8) is 0 Å². The number of hydrogen-bond acceptors (Lipinski definition) is 3. The topological polar surface area (TPSA) is 33.3 Å². The van der Waals surface area contributed by atoms with Crippen LogP contribution in [0.3, 0.4) is 0 Å². The highest BCUT2D eigenvalue weighted by molar-refractivity contribution is 4.49. The van der Waals surface area contributed by atoms with Crippen LogP contribution in [0.1, 0.15) is 0 Å². The highest BCUT2D eigenvalue weighted by Gasteiger charge is 1.92. The zero-order valence-corrected chi connectivity index (χ0v) is 4.94. The van der Waals surface area contributed by atoms with Gasteiger partial charge in [0, 0.05) is 19.8 Å². The molecule has 48 valence electrons. The van der Waals surface area contributed by atoms with E-state index < -0.39 is 0 Å². The van der Waals surface area contributed by atoms with E-state index in [0.717, 1.165) is 33.0 Å². The lowest BCUT2D eigenvalue weighted by Crippen LogP contribution is -2.36. The molecule has 3 heteroatoms. The SMILES string of the molecule is C1COCCNCN1. The van der Waals surface area contributed by atoms with Gasteiger partial charge in [0.15, 0.2) is 0 Å². The van der Waals surface area contributed by atoms with Crippen LogP contribution in [-0.2, 0) is 4.74 Å². The number of ether oxygens (including phenoxy) is 1. The Morgan fingerprint density at radius 2 is 1.62 bits per heavy atom. The summed E-state index contributed by atoms with van der Waals surface area (Å²) in [5.41, 5.74) is 0. The highest BCUT2D eigenvalue weighted by Crippen LogP contribution is 1.73. The molecule has 0 bridgehead atoms. The summed E-state index contributed by atoms with van der Waals surface area (Å²) in [6.45, 7) is 4.55. The van der Waals surface area contributed by atoms with Gasteiger partial charge in [-0.2, -0.15) is 0 Å². The Morgan fingerprint density at radius 1 is 1.00 bits per heavy atom. The lowest BCUT2D eigenvalue weighted by Gasteiger charge is -2.11. The fourth-order valence-electron chi connectivity index (χ4n) is 0.656. The molecule has 0 aromatic heterocycles. The van der Waals surface area contributed by atoms with Gasteiger partial charge in [-0.25, -0.2) is 0 Å². The van der Waals surface area contributed by atoms with Crippen LogP contribution < -0.4 is 10.6 Å². The van der Waals surface area contributed by atoms with E-state index in [0.29, 0.717) is 0 Å². The van der Waals surface area contributed by atoms with Crippen molar-refractivity contribution in [2.24, 2.45) is 0 Å². The van der Waals surface area contributed by atoms with Crippen LogP contribution in [0.5, 0.6) is 0 Å². The van der Waals surface area contributed by atoms with Crippen LogP contribution >= 0.6 is 0 Å². The minimum Gasteiger partial charge on any atom is -0.379 e. The standard InChI is InChI=1S/C5H12N2O/c1-3-8-4-2-7-5-6-1/h6-7H,1-5H2. The zero-order valence-electron chi connectivity index (χ0n) is 4.94. The van der Waals surface area contributed by atoms with Crippen molar-refractivity contribution < 1.29 is 4.74 Å². The second-order valence-electron chi connectivity index (χ2n) is 1.79. The van der Waals surface area contributed by atoms with E-state index in [4.69, 9.17) is 4.74 Å². The van der Waals surface area contributed by atoms with Crippen molar-refractivity contribution in [3.8, 4) is 0 Å². The maximum Gasteiger partial charge on any atom is 0.0592 e. The van der Waals surface area contributed by atoms with Crippen LogP contribution in [0.25, 0.3) is 0 Å². The average molecular weight is 116 g/mol. The third kappa shape index (κ3) is 2.26. The lowest BCUT2D eigenvalue weighted by molar-refractivity contribution is 0.127. The second kappa shape index (κ2) is 3.83. The number of nitrogens with one attached hydrogen (secondary N) is 2. The zero-order chi connectivity index (χ0) is 5.66. The van der Waals surface area contributed by atoms with Crippen molar-refractivity contribution in [2.45, 2.75) is 0 Å². The second-order valence-corrected chi connectivity index (χ2v) is 1.79. The summed E-state index contributed by atoms with van der Waals surface area (Å²) >= 11 is 0. The molecule has 1 aliphatic rings. The smallest absolute Gasteiger partial charge is 0.0592 e. The molecule has 0 saturated carbocycles. The Hall–Kier alpha value is -0.120. The van der Waals surface area contributed by atoms with Crippen LogP contribution in [-0.4, -0.2) is 33.0 Å². The Balaban J connectivity index is 2.00. The van der Waals surface area contributed by atoms with Crippen molar-refractivity contribution in [1.82, 2.24) is 10.6 Å². The van der Waals surface area contributed by atoms with E-state index in [9.17, 15) is 0 Å². The minimum atomic E-state index is 0.849. The maximum atomic E-state index is 5.15. The summed E-state index contributed by atoms with van der Waals surface area (Å²) in [5, 5.41) is 6.30. The number of rotatable bonds is 0. The van der Waals surface area contributed by atoms with Gasteiger partial charge in [-0.05, 0) is 0 Å². The third-order valence-corrected chi connectivity index (χ3v) is 1.10. The van der Waals surface area contributed by atoms with E-state index in [2.05, 4.69) is 10.6 Å². The Kier molecular flexibility index (Phi) is 2.88. The Bertz CT molecular complexity index is 34.4. The summed E-state index contributed by atoms with van der Waals surface area (Å²) in [5.74, 6) is 0. The van der Waals surface area contributed by atoms with Gasteiger partial charge in [-0.3, -0.25) is 0 Å². The largest absolute Gasteiger partial charge is 0.379 e. The molecule has 0 radical (unpaired) electrons. The Labute approximate surface area is 49.4 Å². The van der Waals surface area contributed by atoms with Crippen LogP contribution in [0.2, 0.25) is 0 Å². The van der Waals surface area contributed by atoms with Crippen molar-refractivity contribution in [3.05, 3.63) is 0 Å². The molecule has 0 aromatic rings. The van der Waals surface area contributed by atoms with E-state index in [-0.39, 0.29) is 0 Å². The first kappa shape index (κ1) is 6.01. The molecule has 3 nitrogen and oxygen atoms in total. The summed E-state index contributed by atoms with van der Waals surface area (Å²) in [4.78, 5) is 0. The molecular formula is C5H12N2O. The third-order valence-electron chi connectivity index (χ3n) is 1.10. The summed E-state index contributed by atoms with van der Waals surface area (Å²) in [6.07, 6.45) is 0. The first-order valence-electron chi connectivity index (χ1n) is 2.99. The monoisotopic (exact) mass is 116 g/mol. The van der Waals surface area contributed by atoms with Gasteiger partial charge in [0.1, 0.15) is 0 Å². The average Bonchev–Trinajstić information content (AvgIpc) is 1.62. The molecule has 1 fully saturated rings. The fourth-order valence-corrected chi connectivity index (χ4v) is 0.656. The molecular weight excluding hydrogens is 104 g/mol. The molecule has 0 aliphatic carbocycles. The van der Waals surface area contributed by atoms with Gasteiger partial charge in [-0.15, -0.1) is 0 Å².